The molecule has 3 fully saturated rings. The summed E-state index contributed by atoms with van der Waals surface area (Å²) in [6.45, 7) is 2.97. The van der Waals surface area contributed by atoms with E-state index in [1.807, 2.05) is 12.2 Å². The highest BCUT2D eigenvalue weighted by Crippen LogP contribution is 2.46. The van der Waals surface area contributed by atoms with Gasteiger partial charge in [-0.1, -0.05) is 50.5 Å². The molecule has 0 bridgehead atoms. The number of epoxide rings is 1. The number of carbonyl (C=O) groups is 2. The quantitative estimate of drug-likeness (QED) is 0.240. The van der Waals surface area contributed by atoms with Crippen molar-refractivity contribution in [2.75, 3.05) is 6.61 Å². The van der Waals surface area contributed by atoms with Crippen LogP contribution in [0, 0.1) is 11.8 Å². The number of hydrogen-bond donors (Lipinski definition) is 1. The number of ketones is 1. The zero-order chi connectivity index (χ0) is 22.1. The lowest BCUT2D eigenvalue weighted by Crippen LogP contribution is -2.27. The van der Waals surface area contributed by atoms with Crippen LogP contribution in [0.2, 0.25) is 0 Å². The average Bonchev–Trinajstić information content (AvgIpc) is 3.50. The summed E-state index contributed by atoms with van der Waals surface area (Å²) in [4.78, 5) is 23.2. The highest BCUT2D eigenvalue weighted by atomic mass is 16.7. The zero-order valence-electron chi connectivity index (χ0n) is 18.7. The molecule has 0 radical (unpaired) electrons. The van der Waals surface area contributed by atoms with Crippen LogP contribution in [-0.4, -0.2) is 48.1 Å². The van der Waals surface area contributed by atoms with Crippen LogP contribution in [0.3, 0.4) is 0 Å². The predicted molar refractivity (Wildman–Crippen MR) is 118 cm³/mol. The van der Waals surface area contributed by atoms with Gasteiger partial charge in [0.1, 0.15) is 6.10 Å². The molecule has 0 aromatic carbocycles. The van der Waals surface area contributed by atoms with Crippen molar-refractivity contribution in [3.8, 4) is 0 Å². The third-order valence-electron chi connectivity index (χ3n) is 6.44. The number of allylic oxidation sites excluding steroid dienone is 2. The minimum absolute atomic E-state index is 0.00904. The van der Waals surface area contributed by atoms with Gasteiger partial charge in [0.2, 0.25) is 0 Å². The van der Waals surface area contributed by atoms with Gasteiger partial charge in [-0.15, -0.1) is 0 Å². The fraction of sp³-hybridized carbons (Fsp3) is 0.760. The van der Waals surface area contributed by atoms with E-state index in [1.54, 1.807) is 0 Å². The molecular formula is C25H38O6. The van der Waals surface area contributed by atoms with Crippen molar-refractivity contribution in [3.05, 3.63) is 24.3 Å². The van der Waals surface area contributed by atoms with E-state index in [1.165, 1.54) is 12.8 Å². The first kappa shape index (κ1) is 24.1. The number of unbranched alkanes of at least 4 members (excludes halogenated alkanes) is 3. The lowest BCUT2D eigenvalue weighted by atomic mass is 9.90. The Bertz CT molecular complexity index is 636. The third-order valence-corrected chi connectivity index (χ3v) is 6.44. The van der Waals surface area contributed by atoms with Gasteiger partial charge in [-0.2, -0.15) is 0 Å². The van der Waals surface area contributed by atoms with Crippen molar-refractivity contribution in [1.82, 2.24) is 0 Å². The van der Waals surface area contributed by atoms with Crippen molar-refractivity contribution in [2.24, 2.45) is 11.8 Å². The smallest absolute Gasteiger partial charge is 0.303 e. The number of ether oxygens (including phenoxy) is 3. The predicted octanol–water partition coefficient (Wildman–Crippen LogP) is 4.82. The van der Waals surface area contributed by atoms with E-state index >= 15 is 0 Å². The van der Waals surface area contributed by atoms with Gasteiger partial charge in [-0.05, 0) is 44.9 Å². The largest absolute Gasteiger partial charge is 0.481 e. The molecular weight excluding hydrogens is 396 g/mol. The molecule has 6 heteroatoms. The second-order valence-corrected chi connectivity index (χ2v) is 8.95. The molecule has 2 saturated heterocycles. The highest BCUT2D eigenvalue weighted by molar-refractivity contribution is 5.92. The van der Waals surface area contributed by atoms with Crippen LogP contribution >= 0.6 is 0 Å². The molecule has 0 aromatic heterocycles. The minimum Gasteiger partial charge on any atom is -0.481 e. The maximum absolute atomic E-state index is 12.6. The van der Waals surface area contributed by atoms with E-state index in [9.17, 15) is 9.59 Å². The topological polar surface area (TPSA) is 85.4 Å². The summed E-state index contributed by atoms with van der Waals surface area (Å²) < 4.78 is 17.6. The average molecular weight is 435 g/mol. The first-order valence-electron chi connectivity index (χ1n) is 12.1. The van der Waals surface area contributed by atoms with Gasteiger partial charge in [-0.3, -0.25) is 9.59 Å². The molecule has 2 heterocycles. The molecule has 1 saturated carbocycles. The molecule has 3 rings (SSSR count). The third kappa shape index (κ3) is 7.55. The van der Waals surface area contributed by atoms with Gasteiger partial charge in [0, 0.05) is 24.9 Å². The summed E-state index contributed by atoms with van der Waals surface area (Å²) in [5, 5.41) is 8.71. The van der Waals surface area contributed by atoms with Gasteiger partial charge < -0.3 is 19.3 Å². The zero-order valence-corrected chi connectivity index (χ0v) is 18.7. The number of carboxylic acid groups (broad SMARTS) is 1. The lowest BCUT2D eigenvalue weighted by Gasteiger charge is -2.27. The summed E-state index contributed by atoms with van der Waals surface area (Å²) in [6, 6.07) is 0. The standard InChI is InChI=1S/C25H38O6/c1-2-3-6-11-18(30-22-14-9-10-17-29-22)15-16-20-19(23(28)25-24(20)31-25)12-7-4-5-8-13-21(26)27/h4,7,15-16,18-20,22,24-25H,2-3,5-6,8-14,17H2,1H3,(H,26,27)/b7-4-,16-15+/t18-,19+,20+,22?,24?,25?/m0/s1. The molecule has 0 spiro atoms. The first-order chi connectivity index (χ1) is 15.1. The van der Waals surface area contributed by atoms with Gasteiger partial charge in [0.05, 0.1) is 12.2 Å². The Morgan fingerprint density at radius 1 is 1.26 bits per heavy atom. The van der Waals surface area contributed by atoms with E-state index in [0.717, 1.165) is 45.1 Å². The Morgan fingerprint density at radius 3 is 2.87 bits per heavy atom. The Balaban J connectivity index is 1.54. The van der Waals surface area contributed by atoms with Gasteiger partial charge in [0.25, 0.3) is 0 Å². The van der Waals surface area contributed by atoms with Crippen molar-refractivity contribution < 1.29 is 28.9 Å². The Kier molecular flexibility index (Phi) is 9.75. The molecule has 0 amide bonds. The van der Waals surface area contributed by atoms with Crippen LogP contribution < -0.4 is 0 Å². The Hall–Kier alpha value is -1.50. The summed E-state index contributed by atoms with van der Waals surface area (Å²) >= 11 is 0. The molecule has 0 aromatic rings. The number of carboxylic acids is 1. The lowest BCUT2D eigenvalue weighted by molar-refractivity contribution is -0.179. The van der Waals surface area contributed by atoms with Crippen LogP contribution in [0.1, 0.15) is 77.6 Å². The SMILES string of the molecule is CCCCC[C@@H](/C=C/[C@H]1C2OC2C(=O)[C@@H]1C/C=C\CCCC(=O)O)OC1CCCCO1. The van der Waals surface area contributed by atoms with Crippen LogP contribution in [-0.2, 0) is 23.8 Å². The number of carbonyl (C=O) groups excluding carboxylic acids is 1. The van der Waals surface area contributed by atoms with Crippen LogP contribution in [0.25, 0.3) is 0 Å². The van der Waals surface area contributed by atoms with Gasteiger partial charge in [-0.25, -0.2) is 0 Å². The van der Waals surface area contributed by atoms with Crippen LogP contribution in [0.15, 0.2) is 24.3 Å². The Labute approximate surface area is 186 Å². The maximum atomic E-state index is 12.6. The van der Waals surface area contributed by atoms with Crippen molar-refractivity contribution in [2.45, 2.75) is 102 Å². The van der Waals surface area contributed by atoms with E-state index in [4.69, 9.17) is 19.3 Å². The van der Waals surface area contributed by atoms with Gasteiger partial charge >= 0.3 is 5.97 Å². The van der Waals surface area contributed by atoms with E-state index in [2.05, 4.69) is 19.1 Å². The number of rotatable bonds is 14. The second-order valence-electron chi connectivity index (χ2n) is 8.95. The van der Waals surface area contributed by atoms with Crippen molar-refractivity contribution in [1.29, 1.82) is 0 Å². The fourth-order valence-corrected chi connectivity index (χ4v) is 4.59. The second kappa shape index (κ2) is 12.5. The summed E-state index contributed by atoms with van der Waals surface area (Å²) in [5.41, 5.74) is 0. The number of fused-ring (bicyclic) bond motifs is 1. The molecule has 31 heavy (non-hydrogen) atoms. The molecule has 2 aliphatic heterocycles. The van der Waals surface area contributed by atoms with Crippen molar-refractivity contribution >= 4 is 11.8 Å². The highest BCUT2D eigenvalue weighted by Gasteiger charge is 2.60. The maximum Gasteiger partial charge on any atom is 0.303 e. The molecule has 3 aliphatic rings. The summed E-state index contributed by atoms with van der Waals surface area (Å²) in [6.07, 6.45) is 17.8. The number of hydrogen-bond acceptors (Lipinski definition) is 5. The summed E-state index contributed by atoms with van der Waals surface area (Å²) in [7, 11) is 0. The molecule has 6 atom stereocenters. The molecule has 6 nitrogen and oxygen atoms in total. The molecule has 1 aliphatic carbocycles. The van der Waals surface area contributed by atoms with Crippen molar-refractivity contribution in [3.63, 3.8) is 0 Å². The Morgan fingerprint density at radius 2 is 2.13 bits per heavy atom. The van der Waals surface area contributed by atoms with E-state index in [0.29, 0.717) is 12.8 Å². The first-order valence-corrected chi connectivity index (χ1v) is 12.1. The number of aliphatic carboxylic acids is 1. The fourth-order valence-electron chi connectivity index (χ4n) is 4.59. The van der Waals surface area contributed by atoms with Crippen LogP contribution in [0.5, 0.6) is 0 Å². The molecule has 174 valence electrons. The van der Waals surface area contributed by atoms with Crippen LogP contribution in [0.4, 0.5) is 0 Å². The normalized spacial score (nSPS) is 31.4. The van der Waals surface area contributed by atoms with E-state index < -0.39 is 5.97 Å². The van der Waals surface area contributed by atoms with Gasteiger partial charge in [0.15, 0.2) is 12.1 Å². The minimum atomic E-state index is -0.767. The van der Waals surface area contributed by atoms with E-state index in [-0.39, 0.29) is 48.6 Å². The molecule has 3 unspecified atom stereocenters. The summed E-state index contributed by atoms with van der Waals surface area (Å²) in [5.74, 6) is -0.534. The monoisotopic (exact) mass is 434 g/mol. The molecule has 1 N–H and O–H groups in total. The number of Topliss-reactive ketones (excluding diaryl/α,β-unsaturated/α-hetero) is 1.